The molecule has 1 heterocycles. The van der Waals surface area contributed by atoms with Crippen molar-refractivity contribution in [3.8, 4) is 0 Å². The minimum absolute atomic E-state index is 0.749. The van der Waals surface area contributed by atoms with Gasteiger partial charge >= 0.3 is 0 Å². The third-order valence-corrected chi connectivity index (χ3v) is 2.04. The lowest BCUT2D eigenvalue weighted by molar-refractivity contribution is 0.228. The van der Waals surface area contributed by atoms with Crippen LogP contribution in [0.2, 0.25) is 0 Å². The van der Waals surface area contributed by atoms with E-state index < -0.39 is 0 Å². The van der Waals surface area contributed by atoms with E-state index in [1.807, 2.05) is 6.92 Å². The van der Waals surface area contributed by atoms with Crippen molar-refractivity contribution in [1.82, 2.24) is 5.32 Å². The van der Waals surface area contributed by atoms with Gasteiger partial charge in [-0.25, -0.2) is 0 Å². The zero-order valence-electron chi connectivity index (χ0n) is 8.39. The van der Waals surface area contributed by atoms with E-state index in [2.05, 4.69) is 31.0 Å². The summed E-state index contributed by atoms with van der Waals surface area (Å²) in [6, 6.07) is 0. The molecule has 0 atom stereocenters. The maximum Gasteiger partial charge on any atom is 0.135 e. The Morgan fingerprint density at radius 1 is 1.62 bits per heavy atom. The predicted octanol–water partition coefficient (Wildman–Crippen LogP) is 2.36. The van der Waals surface area contributed by atoms with Gasteiger partial charge in [0.25, 0.3) is 0 Å². The summed E-state index contributed by atoms with van der Waals surface area (Å²) in [6.07, 6.45) is 5.16. The summed E-state index contributed by atoms with van der Waals surface area (Å²) in [5.41, 5.74) is 2.22. The van der Waals surface area contributed by atoms with E-state index >= 15 is 0 Å². The van der Waals surface area contributed by atoms with Crippen LogP contribution >= 0.6 is 0 Å². The highest BCUT2D eigenvalue weighted by molar-refractivity contribution is 5.30. The molecule has 0 aromatic heterocycles. The van der Waals surface area contributed by atoms with Gasteiger partial charge in [0.1, 0.15) is 5.76 Å². The van der Waals surface area contributed by atoms with Gasteiger partial charge in [-0.15, -0.1) is 0 Å². The monoisotopic (exact) mass is 179 g/mol. The second kappa shape index (κ2) is 4.75. The van der Waals surface area contributed by atoms with E-state index in [0.717, 1.165) is 31.0 Å². The van der Waals surface area contributed by atoms with Crippen molar-refractivity contribution in [2.75, 3.05) is 13.2 Å². The zero-order chi connectivity index (χ0) is 9.68. The van der Waals surface area contributed by atoms with Gasteiger partial charge in [-0.2, -0.15) is 0 Å². The molecule has 0 radical (unpaired) electrons. The SMILES string of the molecule is C=C1OCCCN/C1=C/C(C)=C\C. The number of hydrogen-bond donors (Lipinski definition) is 1. The lowest BCUT2D eigenvalue weighted by atomic mass is 10.2. The molecule has 1 aliphatic heterocycles. The maximum atomic E-state index is 5.41. The van der Waals surface area contributed by atoms with E-state index in [1.54, 1.807) is 0 Å². The average molecular weight is 179 g/mol. The molecule has 2 heteroatoms. The van der Waals surface area contributed by atoms with Crippen LogP contribution in [-0.2, 0) is 4.74 Å². The highest BCUT2D eigenvalue weighted by Crippen LogP contribution is 2.12. The van der Waals surface area contributed by atoms with E-state index in [9.17, 15) is 0 Å². The molecule has 0 unspecified atom stereocenters. The molecule has 0 bridgehead atoms. The molecular formula is C11H17NO. The Labute approximate surface area is 80.0 Å². The zero-order valence-corrected chi connectivity index (χ0v) is 8.39. The smallest absolute Gasteiger partial charge is 0.135 e. The largest absolute Gasteiger partial charge is 0.492 e. The lowest BCUT2D eigenvalue weighted by Crippen LogP contribution is -2.13. The van der Waals surface area contributed by atoms with Crippen molar-refractivity contribution in [3.63, 3.8) is 0 Å². The van der Waals surface area contributed by atoms with Crippen LogP contribution in [-0.4, -0.2) is 13.2 Å². The van der Waals surface area contributed by atoms with Crippen LogP contribution in [0.3, 0.4) is 0 Å². The van der Waals surface area contributed by atoms with Gasteiger partial charge in [0.2, 0.25) is 0 Å². The summed E-state index contributed by atoms with van der Waals surface area (Å²) in [5, 5.41) is 3.29. The van der Waals surface area contributed by atoms with Gasteiger partial charge < -0.3 is 10.1 Å². The molecule has 0 aromatic carbocycles. The summed E-state index contributed by atoms with van der Waals surface area (Å²) in [4.78, 5) is 0. The Morgan fingerprint density at radius 3 is 3.08 bits per heavy atom. The number of allylic oxidation sites excluding steroid dienone is 3. The van der Waals surface area contributed by atoms with E-state index in [1.165, 1.54) is 5.57 Å². The maximum absolute atomic E-state index is 5.41. The third kappa shape index (κ3) is 2.98. The number of hydrogen-bond acceptors (Lipinski definition) is 2. The summed E-state index contributed by atoms with van der Waals surface area (Å²) in [5.74, 6) is 0.749. The van der Waals surface area contributed by atoms with Crippen molar-refractivity contribution >= 4 is 0 Å². The Hall–Kier alpha value is -1.18. The molecular weight excluding hydrogens is 162 g/mol. The number of rotatable bonds is 1. The highest BCUT2D eigenvalue weighted by atomic mass is 16.5. The van der Waals surface area contributed by atoms with Crippen LogP contribution in [0.15, 0.2) is 35.8 Å². The molecule has 13 heavy (non-hydrogen) atoms. The minimum Gasteiger partial charge on any atom is -0.492 e. The topological polar surface area (TPSA) is 21.3 Å². The fourth-order valence-electron chi connectivity index (χ4n) is 1.11. The van der Waals surface area contributed by atoms with Crippen molar-refractivity contribution < 1.29 is 4.74 Å². The van der Waals surface area contributed by atoms with Gasteiger partial charge in [-0.3, -0.25) is 0 Å². The second-order valence-electron chi connectivity index (χ2n) is 3.14. The summed E-state index contributed by atoms with van der Waals surface area (Å²) >= 11 is 0. The first-order valence-electron chi connectivity index (χ1n) is 4.64. The van der Waals surface area contributed by atoms with Crippen LogP contribution in [0.25, 0.3) is 0 Å². The summed E-state index contributed by atoms with van der Waals surface area (Å²) in [7, 11) is 0. The third-order valence-electron chi connectivity index (χ3n) is 2.04. The minimum atomic E-state index is 0.749. The molecule has 2 nitrogen and oxygen atoms in total. The Bertz CT molecular complexity index is 251. The van der Waals surface area contributed by atoms with E-state index in [-0.39, 0.29) is 0 Å². The molecule has 1 N–H and O–H groups in total. The van der Waals surface area contributed by atoms with Gasteiger partial charge in [0.15, 0.2) is 0 Å². The van der Waals surface area contributed by atoms with Crippen molar-refractivity contribution in [2.24, 2.45) is 0 Å². The number of ether oxygens (including phenoxy) is 1. The molecule has 1 saturated heterocycles. The Kier molecular flexibility index (Phi) is 3.62. The molecule has 0 aromatic rings. The van der Waals surface area contributed by atoms with Crippen molar-refractivity contribution in [1.29, 1.82) is 0 Å². The number of nitrogens with one attached hydrogen (secondary N) is 1. The standard InChI is InChI=1S/C11H17NO/c1-4-9(2)8-11-10(3)13-7-5-6-12-11/h4,8,12H,3,5-7H2,1-2H3/b9-4-,11-8+. The van der Waals surface area contributed by atoms with Crippen LogP contribution in [0.5, 0.6) is 0 Å². The van der Waals surface area contributed by atoms with Gasteiger partial charge in [0, 0.05) is 6.54 Å². The average Bonchev–Trinajstić information content (AvgIpc) is 2.32. The molecule has 0 aliphatic carbocycles. The van der Waals surface area contributed by atoms with Crippen molar-refractivity contribution in [2.45, 2.75) is 20.3 Å². The summed E-state index contributed by atoms with van der Waals surface area (Å²) < 4.78 is 5.41. The molecule has 72 valence electrons. The molecule has 0 spiro atoms. The van der Waals surface area contributed by atoms with Gasteiger partial charge in [-0.05, 0) is 26.3 Å². The van der Waals surface area contributed by atoms with Crippen LogP contribution in [0.4, 0.5) is 0 Å². The van der Waals surface area contributed by atoms with Crippen LogP contribution < -0.4 is 5.32 Å². The van der Waals surface area contributed by atoms with Crippen LogP contribution in [0.1, 0.15) is 20.3 Å². The fourth-order valence-corrected chi connectivity index (χ4v) is 1.11. The molecule has 0 saturated carbocycles. The first kappa shape index (κ1) is 9.90. The first-order chi connectivity index (χ1) is 6.24. The molecule has 1 aliphatic rings. The quantitative estimate of drug-likeness (QED) is 0.667. The lowest BCUT2D eigenvalue weighted by Gasteiger charge is -2.08. The summed E-state index contributed by atoms with van der Waals surface area (Å²) in [6.45, 7) is 9.67. The molecule has 0 amide bonds. The van der Waals surface area contributed by atoms with Gasteiger partial charge in [-0.1, -0.05) is 18.2 Å². The Balaban J connectivity index is 2.75. The Morgan fingerprint density at radius 2 is 2.38 bits per heavy atom. The first-order valence-corrected chi connectivity index (χ1v) is 4.64. The van der Waals surface area contributed by atoms with E-state index in [0.29, 0.717) is 0 Å². The normalized spacial score (nSPS) is 22.2. The highest BCUT2D eigenvalue weighted by Gasteiger charge is 2.07. The van der Waals surface area contributed by atoms with E-state index in [4.69, 9.17) is 4.74 Å². The van der Waals surface area contributed by atoms with Gasteiger partial charge in [0.05, 0.1) is 12.3 Å². The van der Waals surface area contributed by atoms with Crippen molar-refractivity contribution in [3.05, 3.63) is 35.8 Å². The second-order valence-corrected chi connectivity index (χ2v) is 3.14. The molecule has 1 fully saturated rings. The fraction of sp³-hybridized carbons (Fsp3) is 0.455. The predicted molar refractivity (Wildman–Crippen MR) is 55.2 cm³/mol. The molecule has 1 rings (SSSR count). The van der Waals surface area contributed by atoms with Crippen LogP contribution in [0, 0.1) is 0 Å².